The standard InChI is InChI=1S/C15H15F3N4O/c16-15(17,18)10-3-4-20-14(7-10)22-11-1-2-12(21-8-11)13-9-19-5-6-23-13/h1-4,7-8,13,19H,5-6,9H2,(H,20,22)/t13-/m1/s1. The monoisotopic (exact) mass is 324 g/mol. The molecule has 0 saturated carbocycles. The van der Waals surface area contributed by atoms with E-state index in [4.69, 9.17) is 4.74 Å². The van der Waals surface area contributed by atoms with E-state index >= 15 is 0 Å². The van der Waals surface area contributed by atoms with Crippen molar-refractivity contribution in [3.05, 3.63) is 47.9 Å². The third kappa shape index (κ3) is 3.96. The fourth-order valence-electron chi connectivity index (χ4n) is 2.25. The largest absolute Gasteiger partial charge is 0.416 e. The summed E-state index contributed by atoms with van der Waals surface area (Å²) in [6, 6.07) is 5.41. The molecule has 122 valence electrons. The van der Waals surface area contributed by atoms with Crippen LogP contribution < -0.4 is 10.6 Å². The Morgan fingerprint density at radius 1 is 1.22 bits per heavy atom. The summed E-state index contributed by atoms with van der Waals surface area (Å²) in [6.07, 6.45) is -1.83. The number of anilines is 2. The molecular weight excluding hydrogens is 309 g/mol. The number of aromatic nitrogens is 2. The zero-order chi connectivity index (χ0) is 16.3. The van der Waals surface area contributed by atoms with Gasteiger partial charge in [-0.3, -0.25) is 4.98 Å². The van der Waals surface area contributed by atoms with Crippen LogP contribution in [-0.2, 0) is 10.9 Å². The first kappa shape index (κ1) is 15.7. The lowest BCUT2D eigenvalue weighted by Crippen LogP contribution is -2.33. The lowest BCUT2D eigenvalue weighted by atomic mass is 10.2. The topological polar surface area (TPSA) is 59.1 Å². The Hall–Kier alpha value is -2.19. The zero-order valence-electron chi connectivity index (χ0n) is 12.1. The first-order valence-corrected chi connectivity index (χ1v) is 7.11. The highest BCUT2D eigenvalue weighted by Crippen LogP contribution is 2.30. The van der Waals surface area contributed by atoms with Crippen LogP contribution in [0.3, 0.4) is 0 Å². The van der Waals surface area contributed by atoms with Crippen LogP contribution in [0, 0.1) is 0 Å². The van der Waals surface area contributed by atoms with Crippen LogP contribution in [0.4, 0.5) is 24.7 Å². The molecule has 1 atom stereocenters. The molecular formula is C15H15F3N4O. The van der Waals surface area contributed by atoms with Gasteiger partial charge in [-0.05, 0) is 24.3 Å². The van der Waals surface area contributed by atoms with Gasteiger partial charge in [0.05, 0.1) is 29.7 Å². The van der Waals surface area contributed by atoms with E-state index in [1.54, 1.807) is 18.3 Å². The number of alkyl halides is 3. The first-order valence-electron chi connectivity index (χ1n) is 7.11. The van der Waals surface area contributed by atoms with Crippen molar-refractivity contribution in [1.29, 1.82) is 0 Å². The highest BCUT2D eigenvalue weighted by Gasteiger charge is 2.30. The van der Waals surface area contributed by atoms with E-state index in [2.05, 4.69) is 20.6 Å². The Kier molecular flexibility index (Phi) is 4.44. The van der Waals surface area contributed by atoms with Crippen molar-refractivity contribution >= 4 is 11.5 Å². The smallest absolute Gasteiger partial charge is 0.369 e. The van der Waals surface area contributed by atoms with Gasteiger partial charge in [-0.15, -0.1) is 0 Å². The minimum atomic E-state index is -4.40. The maximum absolute atomic E-state index is 12.7. The van der Waals surface area contributed by atoms with Crippen LogP contribution in [-0.4, -0.2) is 29.7 Å². The molecule has 2 N–H and O–H groups in total. The number of nitrogens with one attached hydrogen (secondary N) is 2. The third-order valence-electron chi connectivity index (χ3n) is 3.40. The summed E-state index contributed by atoms with van der Waals surface area (Å²) in [5.41, 5.74) is 0.588. The summed E-state index contributed by atoms with van der Waals surface area (Å²) in [5, 5.41) is 6.03. The molecule has 0 unspecified atom stereocenters. The summed E-state index contributed by atoms with van der Waals surface area (Å²) >= 11 is 0. The second-order valence-corrected chi connectivity index (χ2v) is 5.09. The lowest BCUT2D eigenvalue weighted by Gasteiger charge is -2.23. The minimum Gasteiger partial charge on any atom is -0.369 e. The molecule has 2 aromatic rings. The van der Waals surface area contributed by atoms with Crippen LogP contribution in [0.5, 0.6) is 0 Å². The van der Waals surface area contributed by atoms with Crippen molar-refractivity contribution in [1.82, 2.24) is 15.3 Å². The summed E-state index contributed by atoms with van der Waals surface area (Å²) in [4.78, 5) is 8.18. The molecule has 2 aromatic heterocycles. The van der Waals surface area contributed by atoms with E-state index in [0.29, 0.717) is 18.8 Å². The predicted molar refractivity (Wildman–Crippen MR) is 78.3 cm³/mol. The van der Waals surface area contributed by atoms with E-state index in [1.807, 2.05) is 0 Å². The molecule has 0 bridgehead atoms. The molecule has 0 spiro atoms. The van der Waals surface area contributed by atoms with Crippen LogP contribution in [0.2, 0.25) is 0 Å². The fourth-order valence-corrected chi connectivity index (χ4v) is 2.25. The average molecular weight is 324 g/mol. The predicted octanol–water partition coefficient (Wildman–Crippen LogP) is 2.90. The summed E-state index contributed by atoms with van der Waals surface area (Å²) < 4.78 is 43.6. The number of nitrogens with zero attached hydrogens (tertiary/aromatic N) is 2. The summed E-state index contributed by atoms with van der Waals surface area (Å²) in [6.45, 7) is 2.13. The van der Waals surface area contributed by atoms with E-state index in [1.165, 1.54) is 0 Å². The van der Waals surface area contributed by atoms with Crippen molar-refractivity contribution in [2.45, 2.75) is 12.3 Å². The highest BCUT2D eigenvalue weighted by atomic mass is 19.4. The molecule has 3 heterocycles. The van der Waals surface area contributed by atoms with Crippen molar-refractivity contribution < 1.29 is 17.9 Å². The number of hydrogen-bond donors (Lipinski definition) is 2. The van der Waals surface area contributed by atoms with Gasteiger partial charge in [0.15, 0.2) is 0 Å². The molecule has 8 heteroatoms. The average Bonchev–Trinajstić information content (AvgIpc) is 2.56. The third-order valence-corrected chi connectivity index (χ3v) is 3.40. The Labute approximate surface area is 130 Å². The fraction of sp³-hybridized carbons (Fsp3) is 0.333. The summed E-state index contributed by atoms with van der Waals surface area (Å²) in [7, 11) is 0. The molecule has 1 aliphatic rings. The van der Waals surface area contributed by atoms with Gasteiger partial charge in [-0.1, -0.05) is 0 Å². The molecule has 0 amide bonds. The van der Waals surface area contributed by atoms with Gasteiger partial charge in [0.25, 0.3) is 0 Å². The van der Waals surface area contributed by atoms with Gasteiger partial charge in [-0.25, -0.2) is 4.98 Å². The normalized spacial score (nSPS) is 18.7. The number of halogens is 3. The van der Waals surface area contributed by atoms with Gasteiger partial charge in [-0.2, -0.15) is 13.2 Å². The molecule has 1 saturated heterocycles. The second-order valence-electron chi connectivity index (χ2n) is 5.09. The molecule has 0 radical (unpaired) electrons. The van der Waals surface area contributed by atoms with E-state index < -0.39 is 11.7 Å². The number of rotatable bonds is 3. The Balaban J connectivity index is 1.71. The molecule has 5 nitrogen and oxygen atoms in total. The molecule has 0 aliphatic carbocycles. The number of ether oxygens (including phenoxy) is 1. The Morgan fingerprint density at radius 2 is 2.09 bits per heavy atom. The second kappa shape index (κ2) is 6.51. The zero-order valence-corrected chi connectivity index (χ0v) is 12.1. The molecule has 3 rings (SSSR count). The SMILES string of the molecule is FC(F)(F)c1ccnc(Nc2ccc([C@H]3CNCCO3)nc2)c1. The summed E-state index contributed by atoms with van der Waals surface area (Å²) in [5.74, 6) is 0.116. The Morgan fingerprint density at radius 3 is 2.74 bits per heavy atom. The van der Waals surface area contributed by atoms with Crippen LogP contribution in [0.1, 0.15) is 17.4 Å². The molecule has 0 aromatic carbocycles. The Bertz CT molecular complexity index is 655. The first-order chi connectivity index (χ1) is 11.0. The quantitative estimate of drug-likeness (QED) is 0.909. The molecule has 1 aliphatic heterocycles. The molecule has 23 heavy (non-hydrogen) atoms. The van der Waals surface area contributed by atoms with Gasteiger partial charge in [0, 0.05) is 19.3 Å². The van der Waals surface area contributed by atoms with Gasteiger partial charge in [0.1, 0.15) is 11.9 Å². The maximum Gasteiger partial charge on any atom is 0.416 e. The van der Waals surface area contributed by atoms with Gasteiger partial charge < -0.3 is 15.4 Å². The number of morpholine rings is 1. The number of hydrogen-bond acceptors (Lipinski definition) is 5. The van der Waals surface area contributed by atoms with E-state index in [0.717, 1.165) is 30.6 Å². The van der Waals surface area contributed by atoms with Crippen molar-refractivity contribution in [2.75, 3.05) is 25.0 Å². The van der Waals surface area contributed by atoms with Crippen LogP contribution in [0.15, 0.2) is 36.7 Å². The van der Waals surface area contributed by atoms with E-state index in [9.17, 15) is 13.2 Å². The van der Waals surface area contributed by atoms with Crippen molar-refractivity contribution in [2.24, 2.45) is 0 Å². The lowest BCUT2D eigenvalue weighted by molar-refractivity contribution is -0.137. The van der Waals surface area contributed by atoms with Crippen molar-refractivity contribution in [3.63, 3.8) is 0 Å². The highest BCUT2D eigenvalue weighted by molar-refractivity contribution is 5.55. The van der Waals surface area contributed by atoms with E-state index in [-0.39, 0.29) is 11.9 Å². The molecule has 1 fully saturated rings. The number of pyridine rings is 2. The maximum atomic E-state index is 12.7. The van der Waals surface area contributed by atoms with Crippen molar-refractivity contribution in [3.8, 4) is 0 Å². The minimum absolute atomic E-state index is 0.107. The van der Waals surface area contributed by atoms with Gasteiger partial charge >= 0.3 is 6.18 Å². The van der Waals surface area contributed by atoms with Gasteiger partial charge in [0.2, 0.25) is 0 Å². The van der Waals surface area contributed by atoms with Crippen LogP contribution in [0.25, 0.3) is 0 Å². The van der Waals surface area contributed by atoms with Crippen LogP contribution >= 0.6 is 0 Å².